The van der Waals surface area contributed by atoms with Crippen molar-refractivity contribution < 1.29 is 9.59 Å². The van der Waals surface area contributed by atoms with E-state index in [0.29, 0.717) is 13.1 Å². The molecule has 2 atom stereocenters. The largest absolute Gasteiger partial charge is 0.358 e. The van der Waals surface area contributed by atoms with Crippen LogP contribution in [0.15, 0.2) is 0 Å². The standard InChI is InChI=1S/C13H26N4O2/c1-4-5-10(2)16-12(18)9-17-7-6-15-8-11(17)13(19)14-3/h10-11,15H,4-9H2,1-3H3,(H,14,19)(H,16,18). The van der Waals surface area contributed by atoms with Crippen LogP contribution in [0, 0.1) is 0 Å². The van der Waals surface area contributed by atoms with Crippen molar-refractivity contribution in [1.29, 1.82) is 0 Å². The number of likely N-dealkylation sites (N-methyl/N-ethyl adjacent to an activating group) is 1. The lowest BCUT2D eigenvalue weighted by Crippen LogP contribution is -2.59. The van der Waals surface area contributed by atoms with Crippen LogP contribution in [0.5, 0.6) is 0 Å². The zero-order valence-electron chi connectivity index (χ0n) is 12.2. The first kappa shape index (κ1) is 15.9. The summed E-state index contributed by atoms with van der Waals surface area (Å²) in [7, 11) is 1.62. The Bertz CT molecular complexity index is 309. The molecule has 1 rings (SSSR count). The first-order valence-corrected chi connectivity index (χ1v) is 7.04. The van der Waals surface area contributed by atoms with Crippen molar-refractivity contribution in [3.63, 3.8) is 0 Å². The predicted octanol–water partition coefficient (Wildman–Crippen LogP) is -0.689. The van der Waals surface area contributed by atoms with E-state index < -0.39 is 0 Å². The van der Waals surface area contributed by atoms with Gasteiger partial charge in [-0.3, -0.25) is 14.5 Å². The maximum atomic E-state index is 11.9. The number of hydrogen-bond acceptors (Lipinski definition) is 4. The minimum atomic E-state index is -0.258. The number of carbonyl (C=O) groups excluding carboxylic acids is 2. The fourth-order valence-electron chi connectivity index (χ4n) is 2.37. The Morgan fingerprint density at radius 1 is 1.47 bits per heavy atom. The van der Waals surface area contributed by atoms with Gasteiger partial charge in [-0.05, 0) is 13.3 Å². The van der Waals surface area contributed by atoms with E-state index in [1.165, 1.54) is 0 Å². The summed E-state index contributed by atoms with van der Waals surface area (Å²) in [4.78, 5) is 25.6. The van der Waals surface area contributed by atoms with Crippen molar-refractivity contribution >= 4 is 11.8 Å². The first-order chi connectivity index (χ1) is 9.08. The first-order valence-electron chi connectivity index (χ1n) is 7.04. The maximum Gasteiger partial charge on any atom is 0.238 e. The highest BCUT2D eigenvalue weighted by Crippen LogP contribution is 2.03. The molecule has 110 valence electrons. The Labute approximate surface area is 115 Å². The van der Waals surface area contributed by atoms with Gasteiger partial charge in [0, 0.05) is 32.7 Å². The van der Waals surface area contributed by atoms with Gasteiger partial charge >= 0.3 is 0 Å². The Morgan fingerprint density at radius 3 is 2.84 bits per heavy atom. The number of nitrogens with zero attached hydrogens (tertiary/aromatic N) is 1. The van der Waals surface area contributed by atoms with Gasteiger partial charge in [0.25, 0.3) is 0 Å². The summed E-state index contributed by atoms with van der Waals surface area (Å²) < 4.78 is 0. The zero-order chi connectivity index (χ0) is 14.3. The molecule has 3 N–H and O–H groups in total. The van der Waals surface area contributed by atoms with Crippen molar-refractivity contribution in [2.45, 2.75) is 38.8 Å². The minimum Gasteiger partial charge on any atom is -0.358 e. The van der Waals surface area contributed by atoms with Gasteiger partial charge in [-0.2, -0.15) is 0 Å². The molecule has 0 bridgehead atoms. The number of carbonyl (C=O) groups is 2. The summed E-state index contributed by atoms with van der Waals surface area (Å²) >= 11 is 0. The predicted molar refractivity (Wildman–Crippen MR) is 74.8 cm³/mol. The van der Waals surface area contributed by atoms with Gasteiger partial charge in [0.1, 0.15) is 6.04 Å². The van der Waals surface area contributed by atoms with Gasteiger partial charge in [0.2, 0.25) is 11.8 Å². The molecule has 0 spiro atoms. The van der Waals surface area contributed by atoms with Crippen LogP contribution in [-0.4, -0.2) is 62.0 Å². The number of nitrogens with one attached hydrogen (secondary N) is 3. The number of hydrogen-bond donors (Lipinski definition) is 3. The molecule has 2 unspecified atom stereocenters. The molecule has 0 aromatic heterocycles. The molecule has 6 nitrogen and oxygen atoms in total. The highest BCUT2D eigenvalue weighted by atomic mass is 16.2. The summed E-state index contributed by atoms with van der Waals surface area (Å²) in [5, 5.41) is 8.80. The van der Waals surface area contributed by atoms with Gasteiger partial charge in [0.15, 0.2) is 0 Å². The Hall–Kier alpha value is -1.14. The van der Waals surface area contributed by atoms with Gasteiger partial charge in [0.05, 0.1) is 6.54 Å². The van der Waals surface area contributed by atoms with Crippen molar-refractivity contribution in [1.82, 2.24) is 20.9 Å². The summed E-state index contributed by atoms with van der Waals surface area (Å²) in [5.41, 5.74) is 0. The van der Waals surface area contributed by atoms with Crippen LogP contribution in [0.25, 0.3) is 0 Å². The normalized spacial score (nSPS) is 21.7. The topological polar surface area (TPSA) is 73.5 Å². The second-order valence-corrected chi connectivity index (χ2v) is 5.06. The van der Waals surface area contributed by atoms with Crippen LogP contribution in [0.1, 0.15) is 26.7 Å². The maximum absolute atomic E-state index is 11.9. The van der Waals surface area contributed by atoms with Crippen molar-refractivity contribution in [3.05, 3.63) is 0 Å². The molecule has 0 saturated carbocycles. The third-order valence-electron chi connectivity index (χ3n) is 3.38. The van der Waals surface area contributed by atoms with E-state index in [0.717, 1.165) is 19.4 Å². The van der Waals surface area contributed by atoms with Crippen LogP contribution in [0.2, 0.25) is 0 Å². The fraction of sp³-hybridized carbons (Fsp3) is 0.846. The van der Waals surface area contributed by atoms with E-state index in [4.69, 9.17) is 0 Å². The zero-order valence-corrected chi connectivity index (χ0v) is 12.2. The van der Waals surface area contributed by atoms with Gasteiger partial charge < -0.3 is 16.0 Å². The molecule has 0 radical (unpaired) electrons. The van der Waals surface area contributed by atoms with Crippen LogP contribution in [0.4, 0.5) is 0 Å². The molecule has 1 saturated heterocycles. The molecule has 0 aromatic carbocycles. The van der Waals surface area contributed by atoms with E-state index >= 15 is 0 Å². The average molecular weight is 270 g/mol. The third kappa shape index (κ3) is 5.16. The van der Waals surface area contributed by atoms with E-state index in [2.05, 4.69) is 22.9 Å². The highest BCUT2D eigenvalue weighted by molar-refractivity contribution is 5.83. The Balaban J connectivity index is 2.48. The quantitative estimate of drug-likeness (QED) is 0.597. The lowest BCUT2D eigenvalue weighted by Gasteiger charge is -2.34. The second kappa shape index (κ2) is 8.12. The third-order valence-corrected chi connectivity index (χ3v) is 3.38. The molecular weight excluding hydrogens is 244 g/mol. The van der Waals surface area contributed by atoms with Crippen molar-refractivity contribution in [2.24, 2.45) is 0 Å². The van der Waals surface area contributed by atoms with Gasteiger partial charge in [-0.25, -0.2) is 0 Å². The molecular formula is C13H26N4O2. The average Bonchev–Trinajstić information content (AvgIpc) is 2.38. The van der Waals surface area contributed by atoms with Crippen LogP contribution in [0.3, 0.4) is 0 Å². The Morgan fingerprint density at radius 2 is 2.21 bits per heavy atom. The fourth-order valence-corrected chi connectivity index (χ4v) is 2.37. The smallest absolute Gasteiger partial charge is 0.238 e. The molecule has 19 heavy (non-hydrogen) atoms. The number of rotatable bonds is 6. The van der Waals surface area contributed by atoms with E-state index in [-0.39, 0.29) is 30.4 Å². The molecule has 0 aliphatic carbocycles. The molecule has 1 fully saturated rings. The number of piperazine rings is 1. The molecule has 6 heteroatoms. The van der Waals surface area contributed by atoms with Crippen LogP contribution >= 0.6 is 0 Å². The van der Waals surface area contributed by atoms with E-state index in [1.807, 2.05) is 11.8 Å². The number of amides is 2. The second-order valence-electron chi connectivity index (χ2n) is 5.06. The monoisotopic (exact) mass is 270 g/mol. The van der Waals surface area contributed by atoms with Gasteiger partial charge in [-0.15, -0.1) is 0 Å². The van der Waals surface area contributed by atoms with E-state index in [1.54, 1.807) is 7.05 Å². The van der Waals surface area contributed by atoms with Crippen molar-refractivity contribution in [2.75, 3.05) is 33.2 Å². The summed E-state index contributed by atoms with van der Waals surface area (Å²) in [6.45, 7) is 6.51. The van der Waals surface area contributed by atoms with Crippen molar-refractivity contribution in [3.8, 4) is 0 Å². The molecule has 1 aliphatic rings. The van der Waals surface area contributed by atoms with Gasteiger partial charge in [-0.1, -0.05) is 13.3 Å². The SMILES string of the molecule is CCCC(C)NC(=O)CN1CCNCC1C(=O)NC. The lowest BCUT2D eigenvalue weighted by atomic mass is 10.1. The Kier molecular flexibility index (Phi) is 6.80. The molecule has 1 heterocycles. The molecule has 1 aliphatic heterocycles. The molecule has 2 amide bonds. The highest BCUT2D eigenvalue weighted by Gasteiger charge is 2.29. The summed E-state index contributed by atoms with van der Waals surface area (Å²) in [6, 6.07) is -0.0650. The van der Waals surface area contributed by atoms with Crippen LogP contribution < -0.4 is 16.0 Å². The summed E-state index contributed by atoms with van der Waals surface area (Å²) in [5.74, 6) is -0.0432. The lowest BCUT2D eigenvalue weighted by molar-refractivity contribution is -0.129. The van der Waals surface area contributed by atoms with Crippen LogP contribution in [-0.2, 0) is 9.59 Å². The van der Waals surface area contributed by atoms with E-state index in [9.17, 15) is 9.59 Å². The summed E-state index contributed by atoms with van der Waals surface area (Å²) in [6.07, 6.45) is 2.03. The minimum absolute atomic E-state index is 0.00301. The molecule has 0 aromatic rings.